The van der Waals surface area contributed by atoms with Crippen molar-refractivity contribution in [3.05, 3.63) is 54.4 Å². The van der Waals surface area contributed by atoms with Crippen LogP contribution in [-0.4, -0.2) is 83.0 Å². The molecule has 216 valence electrons. The summed E-state index contributed by atoms with van der Waals surface area (Å²) in [5.74, 6) is 2.04. The molecule has 2 fully saturated rings. The van der Waals surface area contributed by atoms with Crippen LogP contribution in [0.4, 0.5) is 11.5 Å². The number of methoxy groups -OCH3 is 2. The van der Waals surface area contributed by atoms with E-state index in [1.54, 1.807) is 20.5 Å². The lowest BCUT2D eigenvalue weighted by atomic mass is 9.98. The molecule has 4 heterocycles. The van der Waals surface area contributed by atoms with Gasteiger partial charge in [0, 0.05) is 36.9 Å². The second kappa shape index (κ2) is 11.9. The van der Waals surface area contributed by atoms with E-state index in [4.69, 9.17) is 20.3 Å². The number of likely N-dealkylation sites (tertiary alicyclic amines) is 2. The highest BCUT2D eigenvalue weighted by Gasteiger charge is 2.30. The molecule has 2 aromatic carbocycles. The largest absolute Gasteiger partial charge is 0.496 e. The van der Waals surface area contributed by atoms with Crippen molar-refractivity contribution in [3.8, 4) is 22.8 Å². The molecule has 2 aliphatic rings. The van der Waals surface area contributed by atoms with E-state index >= 15 is 0 Å². The van der Waals surface area contributed by atoms with E-state index < -0.39 is 0 Å². The topological polar surface area (TPSA) is 107 Å². The first-order valence-electron chi connectivity index (χ1n) is 14.5. The van der Waals surface area contributed by atoms with Crippen molar-refractivity contribution in [2.45, 2.75) is 44.3 Å². The average molecular weight is 557 g/mol. The first-order chi connectivity index (χ1) is 20.1. The Balaban J connectivity index is 1.20. The van der Waals surface area contributed by atoms with Crippen molar-refractivity contribution in [2.24, 2.45) is 0 Å². The molecule has 0 radical (unpaired) electrons. The highest BCUT2D eigenvalue weighted by Crippen LogP contribution is 2.35. The van der Waals surface area contributed by atoms with E-state index in [-0.39, 0.29) is 0 Å². The van der Waals surface area contributed by atoms with Gasteiger partial charge < -0.3 is 30.3 Å². The van der Waals surface area contributed by atoms with Gasteiger partial charge in [0.25, 0.3) is 0 Å². The van der Waals surface area contributed by atoms with E-state index in [9.17, 15) is 0 Å². The number of hydrogen-bond donors (Lipinski definition) is 2. The van der Waals surface area contributed by atoms with E-state index in [0.29, 0.717) is 24.4 Å². The molecule has 2 saturated heterocycles. The van der Waals surface area contributed by atoms with Gasteiger partial charge in [0.1, 0.15) is 29.3 Å². The molecule has 0 amide bonds. The Hall–Kier alpha value is -3.89. The molecule has 10 nitrogen and oxygen atoms in total. The van der Waals surface area contributed by atoms with Crippen LogP contribution in [0, 0.1) is 0 Å². The van der Waals surface area contributed by atoms with Gasteiger partial charge in [0.05, 0.1) is 31.2 Å². The standard InChI is InChI=1S/C31H40N8O2/c1-37-15-11-23(12-16-37)38-17-13-24(14-18-38)39-31-28(30(32)34-20-35-31)29(36-39)21-7-9-22(10-8-21)33-19-25-26(40-2)5-4-6-27(25)41-3/h4-10,20,23-24,33H,11-19H2,1-3H3,(H2,32,34,35). The second-order valence-electron chi connectivity index (χ2n) is 11.1. The highest BCUT2D eigenvalue weighted by molar-refractivity contribution is 5.98. The number of nitrogens with one attached hydrogen (secondary N) is 1. The number of rotatable bonds is 8. The number of benzene rings is 2. The lowest BCUT2D eigenvalue weighted by Crippen LogP contribution is -2.47. The third-order valence-electron chi connectivity index (χ3n) is 8.73. The fourth-order valence-corrected chi connectivity index (χ4v) is 6.35. The van der Waals surface area contributed by atoms with Crippen molar-refractivity contribution < 1.29 is 9.47 Å². The summed E-state index contributed by atoms with van der Waals surface area (Å²) >= 11 is 0. The first-order valence-corrected chi connectivity index (χ1v) is 14.5. The average Bonchev–Trinajstić information content (AvgIpc) is 3.41. The van der Waals surface area contributed by atoms with Crippen LogP contribution in [0.15, 0.2) is 48.8 Å². The van der Waals surface area contributed by atoms with Crippen LogP contribution >= 0.6 is 0 Å². The maximum atomic E-state index is 6.41. The number of nitrogen functional groups attached to an aromatic ring is 1. The van der Waals surface area contributed by atoms with E-state index in [1.807, 2.05) is 18.2 Å². The van der Waals surface area contributed by atoms with Crippen LogP contribution in [0.3, 0.4) is 0 Å². The summed E-state index contributed by atoms with van der Waals surface area (Å²) in [6.45, 7) is 5.14. The Morgan fingerprint density at radius 3 is 2.20 bits per heavy atom. The summed E-state index contributed by atoms with van der Waals surface area (Å²) in [6, 6.07) is 15.1. The number of aromatic nitrogens is 4. The minimum Gasteiger partial charge on any atom is -0.496 e. The predicted octanol–water partition coefficient (Wildman–Crippen LogP) is 4.44. The van der Waals surface area contributed by atoms with E-state index in [0.717, 1.165) is 71.0 Å². The number of ether oxygens (including phenoxy) is 2. The van der Waals surface area contributed by atoms with Gasteiger partial charge in [-0.15, -0.1) is 0 Å². The Kier molecular flexibility index (Phi) is 7.93. The molecule has 0 atom stereocenters. The monoisotopic (exact) mass is 556 g/mol. The summed E-state index contributed by atoms with van der Waals surface area (Å²) in [5, 5.41) is 9.43. The van der Waals surface area contributed by atoms with Crippen LogP contribution in [0.5, 0.6) is 11.5 Å². The minimum absolute atomic E-state index is 0.292. The van der Waals surface area contributed by atoms with Gasteiger partial charge in [-0.3, -0.25) is 0 Å². The molecule has 0 bridgehead atoms. The van der Waals surface area contributed by atoms with E-state index in [1.165, 1.54) is 25.9 Å². The molecular weight excluding hydrogens is 516 g/mol. The zero-order chi connectivity index (χ0) is 28.3. The van der Waals surface area contributed by atoms with Crippen LogP contribution < -0.4 is 20.5 Å². The minimum atomic E-state index is 0.292. The highest BCUT2D eigenvalue weighted by atomic mass is 16.5. The Labute approximate surface area is 241 Å². The number of piperidine rings is 2. The van der Waals surface area contributed by atoms with Gasteiger partial charge in [0.15, 0.2) is 5.65 Å². The fraction of sp³-hybridized carbons (Fsp3) is 0.452. The molecule has 0 spiro atoms. The van der Waals surface area contributed by atoms with Crippen molar-refractivity contribution in [2.75, 3.05) is 58.5 Å². The summed E-state index contributed by atoms with van der Waals surface area (Å²) in [6.07, 6.45) is 6.18. The maximum Gasteiger partial charge on any atom is 0.164 e. The summed E-state index contributed by atoms with van der Waals surface area (Å²) < 4.78 is 13.2. The van der Waals surface area contributed by atoms with Gasteiger partial charge in [-0.1, -0.05) is 18.2 Å². The molecule has 4 aromatic rings. The third-order valence-corrected chi connectivity index (χ3v) is 8.73. The molecule has 10 heteroatoms. The molecule has 2 aliphatic heterocycles. The SMILES string of the molecule is COc1cccc(OC)c1CNc1ccc(-c2nn(C3CCN(C4CCN(C)CC4)CC3)c3ncnc(N)c23)cc1. The molecule has 0 unspecified atom stereocenters. The van der Waals surface area contributed by atoms with Gasteiger partial charge >= 0.3 is 0 Å². The lowest BCUT2D eigenvalue weighted by Gasteiger charge is -2.41. The van der Waals surface area contributed by atoms with E-state index in [2.05, 4.69) is 61.1 Å². The van der Waals surface area contributed by atoms with Crippen molar-refractivity contribution in [1.82, 2.24) is 29.5 Å². The van der Waals surface area contributed by atoms with Gasteiger partial charge in [-0.2, -0.15) is 5.10 Å². The Morgan fingerprint density at radius 2 is 1.54 bits per heavy atom. The van der Waals surface area contributed by atoms with Crippen LogP contribution in [-0.2, 0) is 6.54 Å². The van der Waals surface area contributed by atoms with Gasteiger partial charge in [0.2, 0.25) is 0 Å². The smallest absolute Gasteiger partial charge is 0.164 e. The quantitative estimate of drug-likeness (QED) is 0.326. The maximum absolute atomic E-state index is 6.41. The molecule has 6 rings (SSSR count). The normalized spacial score (nSPS) is 17.6. The first kappa shape index (κ1) is 27.3. The zero-order valence-corrected chi connectivity index (χ0v) is 24.2. The van der Waals surface area contributed by atoms with Crippen LogP contribution in [0.2, 0.25) is 0 Å². The number of nitrogens with zero attached hydrogens (tertiary/aromatic N) is 6. The second-order valence-corrected chi connectivity index (χ2v) is 11.1. The zero-order valence-electron chi connectivity index (χ0n) is 24.2. The molecule has 3 N–H and O–H groups in total. The number of hydrogen-bond acceptors (Lipinski definition) is 9. The van der Waals surface area contributed by atoms with Gasteiger partial charge in [-0.25, -0.2) is 14.6 Å². The number of anilines is 2. The van der Waals surface area contributed by atoms with Crippen molar-refractivity contribution in [1.29, 1.82) is 0 Å². The summed E-state index contributed by atoms with van der Waals surface area (Å²) in [5.41, 5.74) is 11.0. The molecule has 0 aliphatic carbocycles. The number of nitrogens with two attached hydrogens (primary N) is 1. The molecule has 41 heavy (non-hydrogen) atoms. The Morgan fingerprint density at radius 1 is 0.878 bits per heavy atom. The van der Waals surface area contributed by atoms with Crippen molar-refractivity contribution in [3.63, 3.8) is 0 Å². The molecular formula is C31H40N8O2. The summed E-state index contributed by atoms with van der Waals surface area (Å²) in [7, 11) is 5.57. The third kappa shape index (κ3) is 5.54. The predicted molar refractivity (Wildman–Crippen MR) is 162 cm³/mol. The van der Waals surface area contributed by atoms with Crippen LogP contribution in [0.25, 0.3) is 22.3 Å². The van der Waals surface area contributed by atoms with Crippen LogP contribution in [0.1, 0.15) is 37.3 Å². The lowest BCUT2D eigenvalue weighted by molar-refractivity contribution is 0.0859. The fourth-order valence-electron chi connectivity index (χ4n) is 6.35. The number of fused-ring (bicyclic) bond motifs is 1. The summed E-state index contributed by atoms with van der Waals surface area (Å²) in [4.78, 5) is 14.1. The molecule has 2 aromatic heterocycles. The van der Waals surface area contributed by atoms with Gasteiger partial charge in [-0.05, 0) is 70.1 Å². The van der Waals surface area contributed by atoms with Crippen molar-refractivity contribution >= 4 is 22.5 Å². The molecule has 0 saturated carbocycles. The Bertz CT molecular complexity index is 1450.